The van der Waals surface area contributed by atoms with Gasteiger partial charge in [-0.1, -0.05) is 0 Å². The average molecular weight is 401 g/mol. The van der Waals surface area contributed by atoms with Gasteiger partial charge in [0.2, 0.25) is 5.91 Å². The highest BCUT2D eigenvalue weighted by Gasteiger charge is 2.16. The number of hydrogen-bond donors (Lipinski definition) is 2. The van der Waals surface area contributed by atoms with Crippen molar-refractivity contribution in [2.45, 2.75) is 18.9 Å². The second kappa shape index (κ2) is 10.1. The molecule has 1 aromatic heterocycles. The maximum absolute atomic E-state index is 12.3. The maximum Gasteiger partial charge on any atom is 0.224 e. The van der Waals surface area contributed by atoms with E-state index in [0.717, 1.165) is 18.9 Å². The van der Waals surface area contributed by atoms with Crippen molar-refractivity contribution in [3.05, 3.63) is 42.1 Å². The number of nitrogens with zero attached hydrogens (tertiary/aromatic N) is 2. The molecule has 1 saturated heterocycles. The third-order valence-corrected chi connectivity index (χ3v) is 4.81. The Bertz CT molecular complexity index is 806. The molecule has 8 heteroatoms. The number of rotatable bonds is 8. The van der Waals surface area contributed by atoms with E-state index in [2.05, 4.69) is 15.2 Å². The summed E-state index contributed by atoms with van der Waals surface area (Å²) < 4.78 is 15.8. The first-order valence-electron chi connectivity index (χ1n) is 9.59. The fourth-order valence-corrected chi connectivity index (χ4v) is 3.18. The average Bonchev–Trinajstić information content (AvgIpc) is 2.78. The Morgan fingerprint density at radius 3 is 2.69 bits per heavy atom. The summed E-state index contributed by atoms with van der Waals surface area (Å²) in [5, 5.41) is 13.3. The molecule has 29 heavy (non-hydrogen) atoms. The highest BCUT2D eigenvalue weighted by atomic mass is 16.5. The van der Waals surface area contributed by atoms with E-state index in [0.29, 0.717) is 36.0 Å². The van der Waals surface area contributed by atoms with Gasteiger partial charge >= 0.3 is 0 Å². The summed E-state index contributed by atoms with van der Waals surface area (Å²) in [4.78, 5) is 18.8. The van der Waals surface area contributed by atoms with Crippen LogP contribution in [0.25, 0.3) is 0 Å². The molecule has 8 nitrogen and oxygen atoms in total. The van der Waals surface area contributed by atoms with E-state index < -0.39 is 6.10 Å². The lowest BCUT2D eigenvalue weighted by Crippen LogP contribution is -2.36. The zero-order chi connectivity index (χ0) is 20.6. The molecule has 0 saturated carbocycles. The number of benzene rings is 1. The minimum absolute atomic E-state index is 0.168. The number of hydrogen-bond acceptors (Lipinski definition) is 7. The summed E-state index contributed by atoms with van der Waals surface area (Å²) in [7, 11) is 3.10. The predicted molar refractivity (Wildman–Crippen MR) is 110 cm³/mol. The van der Waals surface area contributed by atoms with Gasteiger partial charge in [-0.05, 0) is 30.7 Å². The summed E-state index contributed by atoms with van der Waals surface area (Å²) in [5.41, 5.74) is 1.25. The fourth-order valence-electron chi connectivity index (χ4n) is 3.18. The van der Waals surface area contributed by atoms with Crippen molar-refractivity contribution in [1.29, 1.82) is 0 Å². The molecular formula is C21H27N3O5. The molecule has 2 N–H and O–H groups in total. The van der Waals surface area contributed by atoms with Gasteiger partial charge < -0.3 is 29.5 Å². The molecule has 0 spiro atoms. The number of morpholine rings is 1. The van der Waals surface area contributed by atoms with Crippen molar-refractivity contribution in [3.63, 3.8) is 0 Å². The molecule has 3 rings (SSSR count). The molecule has 2 heterocycles. The Balaban J connectivity index is 1.51. The van der Waals surface area contributed by atoms with Crippen LogP contribution in [0, 0.1) is 0 Å². The van der Waals surface area contributed by atoms with Crippen molar-refractivity contribution in [1.82, 2.24) is 4.98 Å². The third-order valence-electron chi connectivity index (χ3n) is 4.81. The maximum atomic E-state index is 12.3. The minimum Gasteiger partial charge on any atom is -0.497 e. The van der Waals surface area contributed by atoms with E-state index in [1.807, 2.05) is 12.1 Å². The van der Waals surface area contributed by atoms with E-state index >= 15 is 0 Å². The Kier molecular flexibility index (Phi) is 7.26. The van der Waals surface area contributed by atoms with Gasteiger partial charge in [0.05, 0.1) is 45.4 Å². The van der Waals surface area contributed by atoms with Crippen LogP contribution in [0.1, 0.15) is 24.5 Å². The van der Waals surface area contributed by atoms with E-state index in [9.17, 15) is 9.90 Å². The Morgan fingerprint density at radius 1 is 1.24 bits per heavy atom. The predicted octanol–water partition coefficient (Wildman–Crippen LogP) is 2.39. The van der Waals surface area contributed by atoms with Crippen LogP contribution in [0.2, 0.25) is 0 Å². The van der Waals surface area contributed by atoms with Gasteiger partial charge in [0, 0.05) is 31.1 Å². The number of carbonyl (C=O) groups is 1. The summed E-state index contributed by atoms with van der Waals surface area (Å²) in [6.45, 7) is 3.01. The summed E-state index contributed by atoms with van der Waals surface area (Å²) in [5.74, 6) is 1.86. The number of aliphatic hydroxyl groups excluding tert-OH is 1. The molecule has 0 aliphatic carbocycles. The molecule has 1 atom stereocenters. The molecule has 1 amide bonds. The minimum atomic E-state index is -0.816. The van der Waals surface area contributed by atoms with Gasteiger partial charge in [-0.25, -0.2) is 4.98 Å². The van der Waals surface area contributed by atoms with Crippen molar-refractivity contribution in [3.8, 4) is 11.5 Å². The highest BCUT2D eigenvalue weighted by molar-refractivity contribution is 5.90. The SMILES string of the molecule is COc1ccc(C(O)CCC(=O)Nc2ccc(N3CCOCC3)nc2)c(OC)c1. The van der Waals surface area contributed by atoms with Gasteiger partial charge in [-0.15, -0.1) is 0 Å². The summed E-state index contributed by atoms with van der Waals surface area (Å²) in [6.07, 6.45) is 1.27. The standard InChI is InChI=1S/C21H27N3O5/c1-27-16-4-5-17(19(13-16)28-2)18(25)6-8-21(26)23-15-3-7-20(22-14-15)24-9-11-29-12-10-24/h3-5,7,13-14,18,25H,6,8-12H2,1-2H3,(H,23,26). The molecule has 1 aromatic carbocycles. The summed E-state index contributed by atoms with van der Waals surface area (Å²) in [6, 6.07) is 8.92. The van der Waals surface area contributed by atoms with Crippen molar-refractivity contribution in [2.24, 2.45) is 0 Å². The van der Waals surface area contributed by atoms with Gasteiger partial charge in [0.1, 0.15) is 17.3 Å². The molecule has 1 unspecified atom stereocenters. The lowest BCUT2D eigenvalue weighted by molar-refractivity contribution is -0.116. The van der Waals surface area contributed by atoms with Crippen LogP contribution in [0.5, 0.6) is 11.5 Å². The normalized spacial score (nSPS) is 14.9. The van der Waals surface area contributed by atoms with E-state index in [1.165, 1.54) is 7.11 Å². The number of carbonyl (C=O) groups excluding carboxylic acids is 1. The molecule has 2 aromatic rings. The smallest absolute Gasteiger partial charge is 0.224 e. The Labute approximate surface area is 170 Å². The molecule has 1 aliphatic heterocycles. The lowest BCUT2D eigenvalue weighted by Gasteiger charge is -2.27. The number of nitrogens with one attached hydrogen (secondary N) is 1. The molecule has 1 aliphatic rings. The van der Waals surface area contributed by atoms with Crippen LogP contribution in [0.3, 0.4) is 0 Å². The first-order chi connectivity index (χ1) is 14.1. The lowest BCUT2D eigenvalue weighted by atomic mass is 10.0. The number of amides is 1. The van der Waals surface area contributed by atoms with Gasteiger partial charge in [0.15, 0.2) is 0 Å². The Morgan fingerprint density at radius 2 is 2.03 bits per heavy atom. The van der Waals surface area contributed by atoms with Gasteiger partial charge in [-0.3, -0.25) is 4.79 Å². The first-order valence-corrected chi connectivity index (χ1v) is 9.59. The van der Waals surface area contributed by atoms with Crippen LogP contribution < -0.4 is 19.7 Å². The molecule has 156 valence electrons. The van der Waals surface area contributed by atoms with Crippen molar-refractivity contribution >= 4 is 17.4 Å². The van der Waals surface area contributed by atoms with Gasteiger partial charge in [-0.2, -0.15) is 0 Å². The Hall–Kier alpha value is -2.84. The molecular weight excluding hydrogens is 374 g/mol. The van der Waals surface area contributed by atoms with Crippen LogP contribution in [0.15, 0.2) is 36.5 Å². The third kappa shape index (κ3) is 5.58. The summed E-state index contributed by atoms with van der Waals surface area (Å²) >= 11 is 0. The number of ether oxygens (including phenoxy) is 3. The van der Waals surface area contributed by atoms with E-state index in [1.54, 1.807) is 31.5 Å². The van der Waals surface area contributed by atoms with Crippen LogP contribution in [-0.4, -0.2) is 56.5 Å². The number of aromatic nitrogens is 1. The molecule has 0 bridgehead atoms. The second-order valence-corrected chi connectivity index (χ2v) is 6.72. The van der Waals surface area contributed by atoms with E-state index in [-0.39, 0.29) is 18.7 Å². The zero-order valence-electron chi connectivity index (χ0n) is 16.8. The highest BCUT2D eigenvalue weighted by Crippen LogP contribution is 2.31. The van der Waals surface area contributed by atoms with Crippen LogP contribution in [-0.2, 0) is 9.53 Å². The van der Waals surface area contributed by atoms with E-state index in [4.69, 9.17) is 14.2 Å². The fraction of sp³-hybridized carbons (Fsp3) is 0.429. The topological polar surface area (TPSA) is 93.2 Å². The number of methoxy groups -OCH3 is 2. The van der Waals surface area contributed by atoms with Crippen LogP contribution >= 0.6 is 0 Å². The molecule has 0 radical (unpaired) electrons. The second-order valence-electron chi connectivity index (χ2n) is 6.72. The van der Waals surface area contributed by atoms with Crippen molar-refractivity contribution < 1.29 is 24.1 Å². The largest absolute Gasteiger partial charge is 0.497 e. The quantitative estimate of drug-likeness (QED) is 0.701. The zero-order valence-corrected chi connectivity index (χ0v) is 16.8. The monoisotopic (exact) mass is 401 g/mol. The van der Waals surface area contributed by atoms with Gasteiger partial charge in [0.25, 0.3) is 0 Å². The van der Waals surface area contributed by atoms with Crippen LogP contribution in [0.4, 0.5) is 11.5 Å². The number of anilines is 2. The van der Waals surface area contributed by atoms with Crippen molar-refractivity contribution in [2.75, 3.05) is 50.7 Å². The molecule has 1 fully saturated rings. The number of aliphatic hydroxyl groups is 1. The number of pyridine rings is 1. The first kappa shape index (κ1) is 20.9.